The number of rotatable bonds is 2. The van der Waals surface area contributed by atoms with Gasteiger partial charge in [0.05, 0.1) is 5.69 Å². The van der Waals surface area contributed by atoms with Crippen molar-refractivity contribution in [2.45, 2.75) is 13.8 Å². The molecule has 0 unspecified atom stereocenters. The van der Waals surface area contributed by atoms with Crippen LogP contribution < -0.4 is 10.6 Å². The van der Waals surface area contributed by atoms with Crippen molar-refractivity contribution in [2.24, 2.45) is 0 Å². The van der Waals surface area contributed by atoms with Gasteiger partial charge in [-0.05, 0) is 37.7 Å². The zero-order valence-electron chi connectivity index (χ0n) is 8.53. The molecule has 0 saturated heterocycles. The zero-order valence-corrected chi connectivity index (χ0v) is 9.34. The third-order valence-corrected chi connectivity index (χ3v) is 2.08. The second-order valence-electron chi connectivity index (χ2n) is 3.07. The number of anilines is 1. The lowest BCUT2D eigenvalue weighted by Gasteiger charge is -2.10. The van der Waals surface area contributed by atoms with Crippen LogP contribution in [0.25, 0.3) is 0 Å². The first kappa shape index (κ1) is 11.8. The molecule has 5 heteroatoms. The molecule has 0 aliphatic carbocycles. The van der Waals surface area contributed by atoms with Crippen molar-refractivity contribution in [1.82, 2.24) is 5.32 Å². The maximum absolute atomic E-state index is 13.3. The van der Waals surface area contributed by atoms with Crippen molar-refractivity contribution in [3.8, 4) is 0 Å². The van der Waals surface area contributed by atoms with E-state index in [-0.39, 0.29) is 16.4 Å². The van der Waals surface area contributed by atoms with Gasteiger partial charge in [0.15, 0.2) is 5.11 Å². The van der Waals surface area contributed by atoms with Gasteiger partial charge in [0.1, 0.15) is 11.6 Å². The molecule has 2 nitrogen and oxygen atoms in total. The molecule has 0 spiro atoms. The van der Waals surface area contributed by atoms with Crippen LogP contribution in [0.3, 0.4) is 0 Å². The monoisotopic (exact) mass is 230 g/mol. The van der Waals surface area contributed by atoms with Crippen LogP contribution in [0.15, 0.2) is 12.1 Å². The minimum Gasteiger partial charge on any atom is -0.363 e. The van der Waals surface area contributed by atoms with Gasteiger partial charge >= 0.3 is 0 Å². The van der Waals surface area contributed by atoms with Crippen LogP contribution in [0.2, 0.25) is 0 Å². The molecule has 15 heavy (non-hydrogen) atoms. The Balaban J connectivity index is 2.86. The summed E-state index contributed by atoms with van der Waals surface area (Å²) >= 11 is 4.86. The number of thiocarbonyl (C=S) groups is 1. The average molecular weight is 230 g/mol. The number of aryl methyl sites for hydroxylation is 1. The Labute approximate surface area is 92.7 Å². The number of hydrogen-bond acceptors (Lipinski definition) is 1. The predicted octanol–water partition coefficient (Wildman–Crippen LogP) is 2.58. The molecule has 0 fully saturated rings. The fourth-order valence-corrected chi connectivity index (χ4v) is 1.32. The predicted molar refractivity (Wildman–Crippen MR) is 61.0 cm³/mol. The van der Waals surface area contributed by atoms with Crippen LogP contribution >= 0.6 is 12.2 Å². The normalized spacial score (nSPS) is 9.87. The largest absolute Gasteiger partial charge is 0.363 e. The van der Waals surface area contributed by atoms with Gasteiger partial charge in [-0.3, -0.25) is 0 Å². The van der Waals surface area contributed by atoms with E-state index in [2.05, 4.69) is 10.6 Å². The Hall–Kier alpha value is -1.23. The van der Waals surface area contributed by atoms with Crippen molar-refractivity contribution in [1.29, 1.82) is 0 Å². The molecule has 0 aliphatic rings. The van der Waals surface area contributed by atoms with Crippen LogP contribution in [-0.4, -0.2) is 11.7 Å². The zero-order chi connectivity index (χ0) is 11.4. The van der Waals surface area contributed by atoms with Crippen molar-refractivity contribution in [3.05, 3.63) is 29.3 Å². The third-order valence-electron chi connectivity index (χ3n) is 1.83. The van der Waals surface area contributed by atoms with Crippen LogP contribution in [0, 0.1) is 18.6 Å². The fraction of sp³-hybridized carbons (Fsp3) is 0.300. The van der Waals surface area contributed by atoms with E-state index in [4.69, 9.17) is 12.2 Å². The standard InChI is InChI=1S/C10H12F2N2S/c1-3-13-10(15)14-9-5-7(11)6(2)4-8(9)12/h4-5H,3H2,1-2H3,(H2,13,14,15). The van der Waals surface area contributed by atoms with Crippen LogP contribution in [-0.2, 0) is 0 Å². The number of hydrogen-bond donors (Lipinski definition) is 2. The molecule has 82 valence electrons. The van der Waals surface area contributed by atoms with E-state index in [1.165, 1.54) is 6.92 Å². The first-order valence-corrected chi connectivity index (χ1v) is 4.96. The van der Waals surface area contributed by atoms with E-state index in [1.807, 2.05) is 6.92 Å². The van der Waals surface area contributed by atoms with Crippen molar-refractivity contribution >= 4 is 23.0 Å². The first-order valence-electron chi connectivity index (χ1n) is 4.55. The third kappa shape index (κ3) is 3.13. The average Bonchev–Trinajstić information content (AvgIpc) is 2.14. The smallest absolute Gasteiger partial charge is 0.170 e. The highest BCUT2D eigenvalue weighted by molar-refractivity contribution is 7.80. The Morgan fingerprint density at radius 3 is 2.60 bits per heavy atom. The maximum Gasteiger partial charge on any atom is 0.170 e. The van der Waals surface area contributed by atoms with E-state index in [0.29, 0.717) is 6.54 Å². The van der Waals surface area contributed by atoms with E-state index in [0.717, 1.165) is 12.1 Å². The molecule has 0 saturated carbocycles. The lowest BCUT2D eigenvalue weighted by atomic mass is 10.2. The number of nitrogens with one attached hydrogen (secondary N) is 2. The molecular weight excluding hydrogens is 218 g/mol. The molecule has 0 bridgehead atoms. The molecule has 1 aromatic rings. The van der Waals surface area contributed by atoms with Crippen LogP contribution in [0.5, 0.6) is 0 Å². The topological polar surface area (TPSA) is 24.1 Å². The highest BCUT2D eigenvalue weighted by atomic mass is 32.1. The number of benzene rings is 1. The van der Waals surface area contributed by atoms with Gasteiger partial charge in [0, 0.05) is 12.6 Å². The summed E-state index contributed by atoms with van der Waals surface area (Å²) in [4.78, 5) is 0. The lowest BCUT2D eigenvalue weighted by Crippen LogP contribution is -2.28. The Morgan fingerprint density at radius 2 is 2.00 bits per heavy atom. The van der Waals surface area contributed by atoms with Gasteiger partial charge in [0.25, 0.3) is 0 Å². The quantitative estimate of drug-likeness (QED) is 0.764. The fourth-order valence-electron chi connectivity index (χ4n) is 1.07. The summed E-state index contributed by atoms with van der Waals surface area (Å²) in [5, 5.41) is 5.65. The van der Waals surface area contributed by atoms with E-state index in [9.17, 15) is 8.78 Å². The van der Waals surface area contributed by atoms with Gasteiger partial charge in [-0.2, -0.15) is 0 Å². The molecule has 2 N–H and O–H groups in total. The molecule has 0 radical (unpaired) electrons. The van der Waals surface area contributed by atoms with E-state index >= 15 is 0 Å². The Morgan fingerprint density at radius 1 is 1.33 bits per heavy atom. The summed E-state index contributed by atoms with van der Waals surface area (Å²) in [5.74, 6) is -0.979. The maximum atomic E-state index is 13.3. The summed E-state index contributed by atoms with van der Waals surface area (Å²) in [7, 11) is 0. The molecule has 0 atom stereocenters. The van der Waals surface area contributed by atoms with Gasteiger partial charge < -0.3 is 10.6 Å². The van der Waals surface area contributed by atoms with Crippen molar-refractivity contribution in [3.63, 3.8) is 0 Å². The van der Waals surface area contributed by atoms with Crippen molar-refractivity contribution in [2.75, 3.05) is 11.9 Å². The highest BCUT2D eigenvalue weighted by Gasteiger charge is 2.07. The van der Waals surface area contributed by atoms with Crippen LogP contribution in [0.1, 0.15) is 12.5 Å². The molecule has 0 aliphatic heterocycles. The molecule has 0 aromatic heterocycles. The summed E-state index contributed by atoms with van der Waals surface area (Å²) in [6.45, 7) is 3.99. The second-order valence-corrected chi connectivity index (χ2v) is 3.47. The highest BCUT2D eigenvalue weighted by Crippen LogP contribution is 2.18. The van der Waals surface area contributed by atoms with Gasteiger partial charge in [0.2, 0.25) is 0 Å². The Kier molecular flexibility index (Phi) is 3.96. The van der Waals surface area contributed by atoms with Gasteiger partial charge in [-0.1, -0.05) is 0 Å². The second kappa shape index (κ2) is 5.02. The minimum absolute atomic E-state index is 0.0454. The molecule has 0 heterocycles. The SMILES string of the molecule is CCNC(=S)Nc1cc(F)c(C)cc1F. The summed E-state index contributed by atoms with van der Waals surface area (Å²) in [6.07, 6.45) is 0. The van der Waals surface area contributed by atoms with E-state index < -0.39 is 11.6 Å². The Bertz CT molecular complexity index is 380. The summed E-state index contributed by atoms with van der Waals surface area (Å²) < 4.78 is 26.4. The first-order chi connectivity index (χ1) is 7.04. The van der Waals surface area contributed by atoms with E-state index in [1.54, 1.807) is 0 Å². The minimum atomic E-state index is -0.519. The van der Waals surface area contributed by atoms with Crippen LogP contribution in [0.4, 0.5) is 14.5 Å². The molecule has 1 rings (SSSR count). The molecule has 1 aromatic carbocycles. The van der Waals surface area contributed by atoms with Gasteiger partial charge in [-0.25, -0.2) is 8.78 Å². The van der Waals surface area contributed by atoms with Crippen molar-refractivity contribution < 1.29 is 8.78 Å². The summed E-state index contributed by atoms with van der Waals surface area (Å²) in [5.41, 5.74) is 0.316. The van der Waals surface area contributed by atoms with Gasteiger partial charge in [-0.15, -0.1) is 0 Å². The number of halogens is 2. The molecular formula is C10H12F2N2S. The molecule has 0 amide bonds. The summed E-state index contributed by atoms with van der Waals surface area (Å²) in [6, 6.07) is 2.22. The lowest BCUT2D eigenvalue weighted by molar-refractivity contribution is 0.596.